The molecule has 7 nitrogen and oxygen atoms in total. The smallest absolute Gasteiger partial charge is 0.271 e. The predicted octanol–water partition coefficient (Wildman–Crippen LogP) is 5.31. The van der Waals surface area contributed by atoms with Crippen LogP contribution in [0, 0.1) is 5.82 Å². The number of fused-ring (bicyclic) bond motifs is 4. The van der Waals surface area contributed by atoms with E-state index in [2.05, 4.69) is 10.3 Å². The number of amides is 2. The van der Waals surface area contributed by atoms with Gasteiger partial charge in [-0.2, -0.15) is 0 Å². The molecule has 8 heteroatoms. The first-order valence-electron chi connectivity index (χ1n) is 11.7. The highest BCUT2D eigenvalue weighted by atomic mass is 19.1. The number of nitrogens with zero attached hydrogens (tertiary/aromatic N) is 3. The minimum atomic E-state index is -1.46. The molecule has 1 aliphatic rings. The third-order valence-electron chi connectivity index (χ3n) is 6.88. The van der Waals surface area contributed by atoms with Crippen LogP contribution in [0.25, 0.3) is 21.8 Å². The van der Waals surface area contributed by atoms with Crippen molar-refractivity contribution in [3.8, 4) is 0 Å². The van der Waals surface area contributed by atoms with E-state index >= 15 is 0 Å². The van der Waals surface area contributed by atoms with Gasteiger partial charge in [-0.1, -0.05) is 48.5 Å². The average molecular weight is 493 g/mol. The quantitative estimate of drug-likeness (QED) is 0.370. The fraction of sp³-hybridized carbons (Fsp3) is 0.103. The Bertz CT molecular complexity index is 1780. The number of para-hydroxylation sites is 3. The standard InChI is InChI=1S/C29H21FN4O3/c1-17(35)33-23-12-6-3-9-18(23)19-15-22(31-16-26(19)33)27(36)32-29(2)20-10-4-7-13-24(20)34(28(29)37)25-14-8-5-11-21(25)30/h3-16H,1-2H3,(H,32,36)/t29-/m0/s1. The topological polar surface area (TPSA) is 84.3 Å². The van der Waals surface area contributed by atoms with Crippen molar-refractivity contribution in [3.63, 3.8) is 0 Å². The summed E-state index contributed by atoms with van der Waals surface area (Å²) in [7, 11) is 0. The van der Waals surface area contributed by atoms with Gasteiger partial charge in [0.15, 0.2) is 0 Å². The highest BCUT2D eigenvalue weighted by Gasteiger charge is 2.49. The summed E-state index contributed by atoms with van der Waals surface area (Å²) in [4.78, 5) is 45.2. The number of carbonyl (C=O) groups is 3. The van der Waals surface area contributed by atoms with E-state index in [1.807, 2.05) is 24.3 Å². The van der Waals surface area contributed by atoms with Crippen molar-refractivity contribution >= 4 is 50.9 Å². The molecule has 3 heterocycles. The number of pyridine rings is 1. The lowest BCUT2D eigenvalue weighted by Crippen LogP contribution is -2.50. The summed E-state index contributed by atoms with van der Waals surface area (Å²) in [6.07, 6.45) is 1.49. The van der Waals surface area contributed by atoms with E-state index in [1.54, 1.807) is 54.0 Å². The first-order valence-corrected chi connectivity index (χ1v) is 11.7. The predicted molar refractivity (Wildman–Crippen MR) is 138 cm³/mol. The van der Waals surface area contributed by atoms with E-state index in [-0.39, 0.29) is 17.3 Å². The van der Waals surface area contributed by atoms with Crippen LogP contribution in [0.1, 0.15) is 34.7 Å². The highest BCUT2D eigenvalue weighted by Crippen LogP contribution is 2.44. The largest absolute Gasteiger partial charge is 0.333 e. The van der Waals surface area contributed by atoms with Crippen LogP contribution in [-0.4, -0.2) is 27.3 Å². The van der Waals surface area contributed by atoms with Crippen LogP contribution < -0.4 is 10.2 Å². The average Bonchev–Trinajstić information content (AvgIpc) is 3.34. The zero-order valence-electron chi connectivity index (χ0n) is 20.0. The number of anilines is 2. The minimum absolute atomic E-state index is 0.0924. The van der Waals surface area contributed by atoms with Crippen molar-refractivity contribution in [1.82, 2.24) is 14.9 Å². The molecular weight excluding hydrogens is 471 g/mol. The van der Waals surface area contributed by atoms with Gasteiger partial charge in [-0.25, -0.2) is 9.37 Å². The van der Waals surface area contributed by atoms with Gasteiger partial charge >= 0.3 is 0 Å². The van der Waals surface area contributed by atoms with E-state index in [1.165, 1.54) is 30.2 Å². The Hall–Kier alpha value is -4.85. The zero-order valence-corrected chi connectivity index (χ0v) is 20.0. The van der Waals surface area contributed by atoms with E-state index in [9.17, 15) is 18.8 Å². The molecule has 6 rings (SSSR count). The lowest BCUT2D eigenvalue weighted by Gasteiger charge is -2.26. The van der Waals surface area contributed by atoms with Crippen molar-refractivity contribution in [2.45, 2.75) is 19.4 Å². The van der Waals surface area contributed by atoms with E-state index < -0.39 is 23.2 Å². The maximum absolute atomic E-state index is 14.7. The molecule has 0 bridgehead atoms. The van der Waals surface area contributed by atoms with Crippen molar-refractivity contribution in [2.24, 2.45) is 0 Å². The molecule has 2 amide bonds. The van der Waals surface area contributed by atoms with Gasteiger partial charge in [-0.05, 0) is 37.3 Å². The number of aromatic nitrogens is 2. The molecular formula is C29H21FN4O3. The summed E-state index contributed by atoms with van der Waals surface area (Å²) < 4.78 is 16.3. The Morgan fingerprint density at radius 1 is 0.892 bits per heavy atom. The number of rotatable bonds is 3. The third-order valence-corrected chi connectivity index (χ3v) is 6.88. The Morgan fingerprint density at radius 2 is 1.57 bits per heavy atom. The molecule has 0 fully saturated rings. The molecule has 1 atom stereocenters. The summed E-state index contributed by atoms with van der Waals surface area (Å²) in [5.41, 5.74) is 1.09. The van der Waals surface area contributed by atoms with Gasteiger partial charge in [-0.3, -0.25) is 23.9 Å². The first-order chi connectivity index (χ1) is 17.8. The lowest BCUT2D eigenvalue weighted by atomic mass is 9.93. The second kappa shape index (κ2) is 8.09. The molecule has 1 N–H and O–H groups in total. The fourth-order valence-corrected chi connectivity index (χ4v) is 5.16. The Morgan fingerprint density at radius 3 is 2.32 bits per heavy atom. The SMILES string of the molecule is CC(=O)n1c2ccccc2c2cc(C(=O)N[C@]3(C)C(=O)N(c4ccccc4F)c4ccccc43)ncc21. The first kappa shape index (κ1) is 22.6. The number of nitrogens with one attached hydrogen (secondary N) is 1. The number of halogens is 1. The van der Waals surface area contributed by atoms with E-state index in [0.717, 1.165) is 10.9 Å². The van der Waals surface area contributed by atoms with Gasteiger partial charge in [0.1, 0.15) is 17.1 Å². The van der Waals surface area contributed by atoms with Crippen molar-refractivity contribution in [1.29, 1.82) is 0 Å². The summed E-state index contributed by atoms with van der Waals surface area (Å²) in [5.74, 6) is -1.77. The number of hydrogen-bond acceptors (Lipinski definition) is 4. The van der Waals surface area contributed by atoms with Crippen LogP contribution in [0.15, 0.2) is 85.1 Å². The Labute approximate surface area is 211 Å². The molecule has 0 aliphatic carbocycles. The van der Waals surface area contributed by atoms with Crippen LogP contribution in [0.2, 0.25) is 0 Å². The molecule has 0 radical (unpaired) electrons. The van der Waals surface area contributed by atoms with Crippen molar-refractivity contribution < 1.29 is 18.8 Å². The third kappa shape index (κ3) is 3.26. The summed E-state index contributed by atoms with van der Waals surface area (Å²) in [6.45, 7) is 3.07. The molecule has 182 valence electrons. The second-order valence-electron chi connectivity index (χ2n) is 9.15. The van der Waals surface area contributed by atoms with E-state index in [0.29, 0.717) is 22.2 Å². The van der Waals surface area contributed by atoms with Crippen molar-refractivity contribution in [2.75, 3.05) is 4.90 Å². The Balaban J connectivity index is 1.43. The zero-order chi connectivity index (χ0) is 25.9. The molecule has 0 unspecified atom stereocenters. The fourth-order valence-electron chi connectivity index (χ4n) is 5.16. The molecule has 0 saturated heterocycles. The molecule has 3 aromatic carbocycles. The summed E-state index contributed by atoms with van der Waals surface area (Å²) in [5, 5.41) is 4.36. The van der Waals surface area contributed by atoms with Gasteiger partial charge in [0.25, 0.3) is 11.8 Å². The second-order valence-corrected chi connectivity index (χ2v) is 9.15. The normalized spacial score (nSPS) is 16.8. The van der Waals surface area contributed by atoms with Crippen LogP contribution in [-0.2, 0) is 10.3 Å². The van der Waals surface area contributed by atoms with Gasteiger partial charge < -0.3 is 5.32 Å². The Kier molecular flexibility index (Phi) is 4.94. The maximum atomic E-state index is 14.7. The monoisotopic (exact) mass is 492 g/mol. The van der Waals surface area contributed by atoms with Crippen LogP contribution in [0.4, 0.5) is 15.8 Å². The highest BCUT2D eigenvalue weighted by molar-refractivity contribution is 6.16. The van der Waals surface area contributed by atoms with E-state index in [4.69, 9.17) is 0 Å². The molecule has 0 spiro atoms. The molecule has 1 aliphatic heterocycles. The van der Waals surface area contributed by atoms with Crippen LogP contribution >= 0.6 is 0 Å². The van der Waals surface area contributed by atoms with Crippen LogP contribution in [0.3, 0.4) is 0 Å². The summed E-state index contributed by atoms with van der Waals surface area (Å²) >= 11 is 0. The number of benzene rings is 3. The lowest BCUT2D eigenvalue weighted by molar-refractivity contribution is -0.122. The molecule has 5 aromatic rings. The number of hydrogen-bond donors (Lipinski definition) is 1. The minimum Gasteiger partial charge on any atom is -0.333 e. The summed E-state index contributed by atoms with van der Waals surface area (Å²) in [6, 6.07) is 22.0. The molecule has 37 heavy (non-hydrogen) atoms. The molecule has 2 aromatic heterocycles. The van der Waals surface area contributed by atoms with Crippen LogP contribution in [0.5, 0.6) is 0 Å². The number of carbonyl (C=O) groups excluding carboxylic acids is 3. The van der Waals surface area contributed by atoms with Gasteiger partial charge in [-0.15, -0.1) is 0 Å². The molecule has 0 saturated carbocycles. The van der Waals surface area contributed by atoms with Gasteiger partial charge in [0.05, 0.1) is 28.6 Å². The van der Waals surface area contributed by atoms with Gasteiger partial charge in [0, 0.05) is 23.3 Å². The van der Waals surface area contributed by atoms with Gasteiger partial charge in [0.2, 0.25) is 5.91 Å². The maximum Gasteiger partial charge on any atom is 0.271 e. The van der Waals surface area contributed by atoms with Crippen molar-refractivity contribution in [3.05, 3.63) is 102 Å².